The van der Waals surface area contributed by atoms with Crippen molar-refractivity contribution < 1.29 is 4.42 Å². The van der Waals surface area contributed by atoms with Crippen LogP contribution in [0.4, 0.5) is 0 Å². The average Bonchev–Trinajstić information content (AvgIpc) is 2.71. The summed E-state index contributed by atoms with van der Waals surface area (Å²) in [5.74, 6) is 1.08. The lowest BCUT2D eigenvalue weighted by Gasteiger charge is -1.90. The maximum atomic E-state index is 5.95. The van der Waals surface area contributed by atoms with E-state index in [1.807, 2.05) is 0 Å². The average molecular weight is 249 g/mol. The van der Waals surface area contributed by atoms with Gasteiger partial charge in [-0.25, -0.2) is 4.98 Å². The van der Waals surface area contributed by atoms with Crippen molar-refractivity contribution in [3.05, 3.63) is 26.8 Å². The molecule has 2 N–H and O–H groups in total. The number of halogens is 2. The van der Waals surface area contributed by atoms with Gasteiger partial charge in [-0.2, -0.15) is 0 Å². The predicted octanol–water partition coefficient (Wildman–Crippen LogP) is 3.17. The molecule has 14 heavy (non-hydrogen) atoms. The van der Waals surface area contributed by atoms with Gasteiger partial charge < -0.3 is 10.2 Å². The molecular weight excluding hydrogens is 243 g/mol. The summed E-state index contributed by atoms with van der Waals surface area (Å²) in [4.78, 5) is 3.97. The maximum Gasteiger partial charge on any atom is 0.208 e. The van der Waals surface area contributed by atoms with Crippen LogP contribution in [0.25, 0.3) is 11.3 Å². The Kier molecular flexibility index (Phi) is 2.78. The van der Waals surface area contributed by atoms with Gasteiger partial charge in [0, 0.05) is 5.56 Å². The fourth-order valence-electron chi connectivity index (χ4n) is 1.04. The summed E-state index contributed by atoms with van der Waals surface area (Å²) in [6, 6.07) is 1.75. The van der Waals surface area contributed by atoms with Gasteiger partial charge >= 0.3 is 0 Å². The van der Waals surface area contributed by atoms with Crippen molar-refractivity contribution in [2.45, 2.75) is 6.54 Å². The first-order valence-electron chi connectivity index (χ1n) is 3.80. The fraction of sp³-hybridized carbons (Fsp3) is 0.125. The molecule has 2 aromatic rings. The van der Waals surface area contributed by atoms with E-state index in [-0.39, 0.29) is 6.54 Å². The van der Waals surface area contributed by atoms with Crippen LogP contribution in [-0.2, 0) is 6.54 Å². The van der Waals surface area contributed by atoms with E-state index in [1.54, 1.807) is 12.3 Å². The number of aromatic nitrogens is 1. The molecule has 6 heteroatoms. The van der Waals surface area contributed by atoms with Crippen LogP contribution in [0.5, 0.6) is 0 Å². The molecule has 0 fully saturated rings. The van der Waals surface area contributed by atoms with Gasteiger partial charge in [0.2, 0.25) is 5.89 Å². The van der Waals surface area contributed by atoms with Crippen LogP contribution in [0, 0.1) is 0 Å². The van der Waals surface area contributed by atoms with E-state index in [1.165, 1.54) is 11.3 Å². The third kappa shape index (κ3) is 1.79. The molecule has 0 aliphatic heterocycles. The van der Waals surface area contributed by atoms with E-state index in [9.17, 15) is 0 Å². The lowest BCUT2D eigenvalue weighted by Crippen LogP contribution is -1.94. The summed E-state index contributed by atoms with van der Waals surface area (Å²) in [5.41, 5.74) is 6.13. The van der Waals surface area contributed by atoms with E-state index in [0.29, 0.717) is 20.3 Å². The summed E-state index contributed by atoms with van der Waals surface area (Å²) >= 11 is 13.0. The van der Waals surface area contributed by atoms with Crippen LogP contribution >= 0.6 is 34.5 Å². The van der Waals surface area contributed by atoms with Gasteiger partial charge in [-0.3, -0.25) is 0 Å². The van der Waals surface area contributed by atoms with Crippen molar-refractivity contribution in [1.82, 2.24) is 4.98 Å². The highest BCUT2D eigenvalue weighted by atomic mass is 35.5. The highest BCUT2D eigenvalue weighted by Gasteiger charge is 2.12. The van der Waals surface area contributed by atoms with Crippen molar-refractivity contribution in [2.75, 3.05) is 0 Å². The minimum Gasteiger partial charge on any atom is -0.439 e. The third-order valence-electron chi connectivity index (χ3n) is 1.65. The monoisotopic (exact) mass is 248 g/mol. The first-order valence-corrected chi connectivity index (χ1v) is 5.38. The second-order valence-corrected chi connectivity index (χ2v) is 4.85. The van der Waals surface area contributed by atoms with E-state index < -0.39 is 0 Å². The second-order valence-electron chi connectivity index (χ2n) is 2.56. The van der Waals surface area contributed by atoms with Gasteiger partial charge in [-0.1, -0.05) is 23.2 Å². The third-order valence-corrected chi connectivity index (χ3v) is 3.14. The molecule has 0 aliphatic rings. The Morgan fingerprint density at radius 2 is 2.29 bits per heavy atom. The summed E-state index contributed by atoms with van der Waals surface area (Å²) in [6.07, 6.45) is 1.59. The van der Waals surface area contributed by atoms with Crippen molar-refractivity contribution in [1.29, 1.82) is 0 Å². The Bertz CT molecular complexity index is 452. The molecule has 0 unspecified atom stereocenters. The Labute approximate surface area is 94.5 Å². The van der Waals surface area contributed by atoms with Gasteiger partial charge in [-0.05, 0) is 6.07 Å². The van der Waals surface area contributed by atoms with Gasteiger partial charge in [0.25, 0.3) is 0 Å². The minimum absolute atomic E-state index is 0.273. The van der Waals surface area contributed by atoms with Gasteiger partial charge in [0.15, 0.2) is 5.76 Å². The molecule has 0 aliphatic carbocycles. The number of thiophene rings is 1. The Morgan fingerprint density at radius 1 is 1.50 bits per heavy atom. The Morgan fingerprint density at radius 3 is 2.79 bits per heavy atom. The molecule has 3 nitrogen and oxygen atoms in total. The second kappa shape index (κ2) is 3.90. The van der Waals surface area contributed by atoms with E-state index in [0.717, 1.165) is 5.56 Å². The van der Waals surface area contributed by atoms with Crippen LogP contribution in [-0.4, -0.2) is 4.98 Å². The molecular formula is C8H6Cl2N2OS. The quantitative estimate of drug-likeness (QED) is 0.889. The Hall–Kier alpha value is -0.550. The lowest BCUT2D eigenvalue weighted by molar-refractivity contribution is 0.510. The first kappa shape index (κ1) is 9.98. The molecule has 0 radical (unpaired) electrons. The molecule has 2 rings (SSSR count). The van der Waals surface area contributed by atoms with Crippen LogP contribution in [0.1, 0.15) is 5.89 Å². The molecule has 2 heterocycles. The highest BCUT2D eigenvalue weighted by Crippen LogP contribution is 2.38. The van der Waals surface area contributed by atoms with Crippen LogP contribution in [0.2, 0.25) is 8.67 Å². The van der Waals surface area contributed by atoms with Crippen molar-refractivity contribution in [2.24, 2.45) is 5.73 Å². The molecule has 0 aromatic carbocycles. The molecule has 0 saturated heterocycles. The highest BCUT2D eigenvalue weighted by molar-refractivity contribution is 7.20. The standard InChI is InChI=1S/C8H6Cl2N2OS/c9-6-1-4(8(10)14-6)5-3-12-7(2-11)13-5/h1,3H,2,11H2. The van der Waals surface area contributed by atoms with E-state index >= 15 is 0 Å². The summed E-state index contributed by atoms with van der Waals surface area (Å²) in [7, 11) is 0. The van der Waals surface area contributed by atoms with Crippen molar-refractivity contribution >= 4 is 34.5 Å². The van der Waals surface area contributed by atoms with E-state index in [4.69, 9.17) is 33.4 Å². The van der Waals surface area contributed by atoms with E-state index in [2.05, 4.69) is 4.98 Å². The zero-order chi connectivity index (χ0) is 10.1. The van der Waals surface area contributed by atoms with Gasteiger partial charge in [0.1, 0.15) is 4.34 Å². The zero-order valence-electron chi connectivity index (χ0n) is 6.96. The van der Waals surface area contributed by atoms with Gasteiger partial charge in [-0.15, -0.1) is 11.3 Å². The maximum absolute atomic E-state index is 5.95. The minimum atomic E-state index is 0.273. The summed E-state index contributed by atoms with van der Waals surface area (Å²) in [6.45, 7) is 0.273. The number of hydrogen-bond donors (Lipinski definition) is 1. The molecule has 0 amide bonds. The number of nitrogens with zero attached hydrogens (tertiary/aromatic N) is 1. The van der Waals surface area contributed by atoms with Crippen molar-refractivity contribution in [3.8, 4) is 11.3 Å². The topological polar surface area (TPSA) is 52.0 Å². The van der Waals surface area contributed by atoms with Gasteiger partial charge in [0.05, 0.1) is 17.1 Å². The molecule has 0 spiro atoms. The molecule has 0 saturated carbocycles. The van der Waals surface area contributed by atoms with Crippen molar-refractivity contribution in [3.63, 3.8) is 0 Å². The smallest absolute Gasteiger partial charge is 0.208 e. The molecule has 0 bridgehead atoms. The lowest BCUT2D eigenvalue weighted by atomic mass is 10.3. The summed E-state index contributed by atoms with van der Waals surface area (Å²) < 4.78 is 6.55. The zero-order valence-corrected chi connectivity index (χ0v) is 9.29. The predicted molar refractivity (Wildman–Crippen MR) is 57.7 cm³/mol. The first-order chi connectivity index (χ1) is 6.70. The largest absolute Gasteiger partial charge is 0.439 e. The summed E-state index contributed by atoms with van der Waals surface area (Å²) in [5, 5.41) is 0. The number of rotatable bonds is 2. The molecule has 0 atom stereocenters. The van der Waals surface area contributed by atoms with Crippen LogP contribution < -0.4 is 5.73 Å². The number of nitrogens with two attached hydrogens (primary N) is 1. The fourth-order valence-corrected chi connectivity index (χ4v) is 2.51. The molecule has 74 valence electrons. The number of oxazole rings is 1. The van der Waals surface area contributed by atoms with Crippen LogP contribution in [0.3, 0.4) is 0 Å². The molecule has 2 aromatic heterocycles. The SMILES string of the molecule is NCc1ncc(-c2cc(Cl)sc2Cl)o1. The number of hydrogen-bond acceptors (Lipinski definition) is 4. The van der Waals surface area contributed by atoms with Crippen LogP contribution in [0.15, 0.2) is 16.7 Å². The normalized spacial score (nSPS) is 10.8. The Balaban J connectivity index is 2.43.